The summed E-state index contributed by atoms with van der Waals surface area (Å²) < 4.78 is 18.8. The Balaban J connectivity index is 1.49. The lowest BCUT2D eigenvalue weighted by molar-refractivity contribution is 0.121. The van der Waals surface area contributed by atoms with Gasteiger partial charge in [0.15, 0.2) is 11.6 Å². The van der Waals surface area contributed by atoms with Gasteiger partial charge in [-0.2, -0.15) is 0 Å². The van der Waals surface area contributed by atoms with Crippen LogP contribution in [0.1, 0.15) is 23.2 Å². The van der Waals surface area contributed by atoms with E-state index in [-0.39, 0.29) is 5.82 Å². The topological polar surface area (TPSA) is 28.6 Å². The summed E-state index contributed by atoms with van der Waals surface area (Å²) in [5, 5.41) is 3.39. The number of piperazine rings is 1. The first-order chi connectivity index (χ1) is 11.7. The van der Waals surface area contributed by atoms with Gasteiger partial charge in [-0.25, -0.2) is 9.37 Å². The van der Waals surface area contributed by atoms with Crippen LogP contribution in [0.15, 0.2) is 23.6 Å². The number of rotatable bonds is 6. The van der Waals surface area contributed by atoms with Gasteiger partial charge in [-0.3, -0.25) is 9.80 Å². The first kappa shape index (κ1) is 17.3. The fourth-order valence-electron chi connectivity index (χ4n) is 2.98. The van der Waals surface area contributed by atoms with Crippen molar-refractivity contribution < 1.29 is 9.13 Å². The van der Waals surface area contributed by atoms with Gasteiger partial charge in [0.25, 0.3) is 0 Å². The number of aryl methyl sites for hydroxylation is 1. The second kappa shape index (κ2) is 8.05. The van der Waals surface area contributed by atoms with E-state index in [9.17, 15) is 4.39 Å². The molecule has 6 heteroatoms. The molecule has 0 spiro atoms. The van der Waals surface area contributed by atoms with Crippen LogP contribution in [0.5, 0.6) is 5.75 Å². The molecule has 1 aromatic carbocycles. The minimum absolute atomic E-state index is 0.288. The maximum Gasteiger partial charge on any atom is 0.165 e. The molecule has 2 aromatic rings. The molecule has 1 aliphatic heterocycles. The van der Waals surface area contributed by atoms with E-state index in [1.54, 1.807) is 23.5 Å². The van der Waals surface area contributed by atoms with Crippen molar-refractivity contribution in [3.05, 3.63) is 45.7 Å². The van der Waals surface area contributed by atoms with E-state index in [2.05, 4.69) is 27.1 Å². The van der Waals surface area contributed by atoms with E-state index in [1.165, 1.54) is 17.8 Å². The van der Waals surface area contributed by atoms with Gasteiger partial charge in [0.1, 0.15) is 0 Å². The number of nitrogens with zero attached hydrogens (tertiary/aromatic N) is 3. The molecular formula is C18H24FN3OS. The van der Waals surface area contributed by atoms with Crippen molar-refractivity contribution in [3.8, 4) is 5.75 Å². The minimum Gasteiger partial charge on any atom is -0.494 e. The number of hydrogen-bond acceptors (Lipinski definition) is 5. The number of aromatic nitrogens is 1. The van der Waals surface area contributed by atoms with Crippen molar-refractivity contribution in [1.82, 2.24) is 14.8 Å². The van der Waals surface area contributed by atoms with Crippen molar-refractivity contribution in [2.24, 2.45) is 0 Å². The molecule has 0 N–H and O–H groups in total. The summed E-state index contributed by atoms with van der Waals surface area (Å²) in [6, 6.07) is 5.22. The number of halogens is 1. The summed E-state index contributed by atoms with van der Waals surface area (Å²) in [5.41, 5.74) is 2.18. The minimum atomic E-state index is -0.288. The molecule has 1 aliphatic rings. The summed E-state index contributed by atoms with van der Waals surface area (Å²) in [4.78, 5) is 9.46. The fraction of sp³-hybridized carbons (Fsp3) is 0.500. The zero-order valence-corrected chi connectivity index (χ0v) is 15.1. The summed E-state index contributed by atoms with van der Waals surface area (Å²) in [6.07, 6.45) is 1.01. The first-order valence-corrected chi connectivity index (χ1v) is 9.26. The Morgan fingerprint density at radius 2 is 1.88 bits per heavy atom. The average molecular weight is 349 g/mol. The van der Waals surface area contributed by atoms with E-state index >= 15 is 0 Å². The monoisotopic (exact) mass is 349 g/mol. The van der Waals surface area contributed by atoms with Gasteiger partial charge < -0.3 is 4.74 Å². The lowest BCUT2D eigenvalue weighted by Gasteiger charge is -2.34. The molecule has 1 saturated heterocycles. The molecule has 0 atom stereocenters. The number of ether oxygens (including phenoxy) is 1. The number of thiazole rings is 1. The maximum absolute atomic E-state index is 13.8. The lowest BCUT2D eigenvalue weighted by Crippen LogP contribution is -2.45. The van der Waals surface area contributed by atoms with Crippen LogP contribution in [0.2, 0.25) is 0 Å². The van der Waals surface area contributed by atoms with Crippen LogP contribution < -0.4 is 4.74 Å². The third-order valence-corrected chi connectivity index (χ3v) is 5.42. The molecule has 0 radical (unpaired) electrons. The number of benzene rings is 1. The van der Waals surface area contributed by atoms with Gasteiger partial charge in [-0.15, -0.1) is 11.3 Å². The van der Waals surface area contributed by atoms with Gasteiger partial charge in [0, 0.05) is 44.6 Å². The third kappa shape index (κ3) is 4.32. The molecule has 0 unspecified atom stereocenters. The zero-order valence-electron chi connectivity index (χ0n) is 14.3. The van der Waals surface area contributed by atoms with Gasteiger partial charge in [0.2, 0.25) is 0 Å². The van der Waals surface area contributed by atoms with Crippen LogP contribution in [-0.4, -0.2) is 48.1 Å². The highest BCUT2D eigenvalue weighted by molar-refractivity contribution is 7.09. The van der Waals surface area contributed by atoms with E-state index < -0.39 is 0 Å². The normalized spacial score (nSPS) is 16.5. The average Bonchev–Trinajstić information content (AvgIpc) is 3.04. The standard InChI is InChI=1S/C18H24FN3OS/c1-3-18-20-15(13-24-18)12-22-8-6-21(7-9-22)11-14-4-5-17(23-2)16(19)10-14/h4-5,10,13H,3,6-9,11-12H2,1-2H3. The predicted octanol–water partition coefficient (Wildman–Crippen LogP) is 3.17. The fourth-order valence-corrected chi connectivity index (χ4v) is 3.72. The van der Waals surface area contributed by atoms with Gasteiger partial charge in [-0.1, -0.05) is 13.0 Å². The molecule has 0 bridgehead atoms. The lowest BCUT2D eigenvalue weighted by atomic mass is 10.2. The molecule has 4 nitrogen and oxygen atoms in total. The molecule has 0 saturated carbocycles. The van der Waals surface area contributed by atoms with E-state index in [4.69, 9.17) is 4.74 Å². The predicted molar refractivity (Wildman–Crippen MR) is 95.0 cm³/mol. The highest BCUT2D eigenvalue weighted by Gasteiger charge is 2.18. The van der Waals surface area contributed by atoms with Gasteiger partial charge >= 0.3 is 0 Å². The molecule has 3 rings (SSSR count). The Morgan fingerprint density at radius 1 is 1.17 bits per heavy atom. The molecule has 1 aromatic heterocycles. The number of hydrogen-bond donors (Lipinski definition) is 0. The molecule has 24 heavy (non-hydrogen) atoms. The SMILES string of the molecule is CCc1nc(CN2CCN(Cc3ccc(OC)c(F)c3)CC2)cs1. The van der Waals surface area contributed by atoms with Crippen LogP contribution in [-0.2, 0) is 19.5 Å². The van der Waals surface area contributed by atoms with Crippen LogP contribution in [0, 0.1) is 5.82 Å². The van der Waals surface area contributed by atoms with Crippen molar-refractivity contribution in [2.75, 3.05) is 33.3 Å². The molecular weight excluding hydrogens is 325 g/mol. The molecule has 2 heterocycles. The largest absolute Gasteiger partial charge is 0.494 e. The molecule has 130 valence electrons. The Kier molecular flexibility index (Phi) is 5.81. The molecule has 0 aliphatic carbocycles. The Bertz CT molecular complexity index is 668. The van der Waals surface area contributed by atoms with E-state index in [0.29, 0.717) is 5.75 Å². The van der Waals surface area contributed by atoms with Crippen molar-refractivity contribution >= 4 is 11.3 Å². The van der Waals surface area contributed by atoms with Crippen molar-refractivity contribution in [3.63, 3.8) is 0 Å². The van der Waals surface area contributed by atoms with Gasteiger partial charge in [0.05, 0.1) is 17.8 Å². The summed E-state index contributed by atoms with van der Waals surface area (Å²) in [5.74, 6) is 0.0159. The van der Waals surface area contributed by atoms with E-state index in [1.807, 2.05) is 6.07 Å². The maximum atomic E-state index is 13.8. The summed E-state index contributed by atoms with van der Waals surface area (Å²) in [6.45, 7) is 7.91. The highest BCUT2D eigenvalue weighted by atomic mass is 32.1. The van der Waals surface area contributed by atoms with Crippen LogP contribution in [0.25, 0.3) is 0 Å². The Morgan fingerprint density at radius 3 is 2.46 bits per heavy atom. The quantitative estimate of drug-likeness (QED) is 0.801. The summed E-state index contributed by atoms with van der Waals surface area (Å²) in [7, 11) is 1.49. The smallest absolute Gasteiger partial charge is 0.165 e. The molecule has 0 amide bonds. The van der Waals surface area contributed by atoms with Crippen molar-refractivity contribution in [2.45, 2.75) is 26.4 Å². The highest BCUT2D eigenvalue weighted by Crippen LogP contribution is 2.19. The Hall–Kier alpha value is -1.50. The van der Waals surface area contributed by atoms with Crippen molar-refractivity contribution in [1.29, 1.82) is 0 Å². The summed E-state index contributed by atoms with van der Waals surface area (Å²) >= 11 is 1.75. The van der Waals surface area contributed by atoms with E-state index in [0.717, 1.165) is 51.3 Å². The van der Waals surface area contributed by atoms with Crippen LogP contribution in [0.4, 0.5) is 4.39 Å². The third-order valence-electron chi connectivity index (χ3n) is 4.37. The second-order valence-corrected chi connectivity index (χ2v) is 7.05. The van der Waals surface area contributed by atoms with Crippen LogP contribution >= 0.6 is 11.3 Å². The second-order valence-electron chi connectivity index (χ2n) is 6.11. The van der Waals surface area contributed by atoms with Gasteiger partial charge in [-0.05, 0) is 24.1 Å². The zero-order chi connectivity index (χ0) is 16.9. The first-order valence-electron chi connectivity index (χ1n) is 8.38. The Labute approximate surface area is 146 Å². The number of methoxy groups -OCH3 is 1. The molecule has 1 fully saturated rings. The van der Waals surface area contributed by atoms with Crippen LogP contribution in [0.3, 0.4) is 0 Å².